The van der Waals surface area contributed by atoms with Crippen molar-refractivity contribution in [1.29, 1.82) is 0 Å². The van der Waals surface area contributed by atoms with Gasteiger partial charge in [0.2, 0.25) is 5.82 Å². The molecular weight excluding hydrogens is 286 g/mol. The molecule has 1 aliphatic rings. The van der Waals surface area contributed by atoms with Gasteiger partial charge in [-0.2, -0.15) is 4.39 Å². The fourth-order valence-electron chi connectivity index (χ4n) is 1.89. The molecule has 0 radical (unpaired) electrons. The summed E-state index contributed by atoms with van der Waals surface area (Å²) in [5.74, 6) is -3.97. The minimum Gasteiger partial charge on any atom is -0.491 e. The molecule has 2 N–H and O–H groups in total. The quantitative estimate of drug-likeness (QED) is 0.780. The zero-order valence-electron chi connectivity index (χ0n) is 11.0. The summed E-state index contributed by atoms with van der Waals surface area (Å²) >= 11 is 0. The second-order valence-corrected chi connectivity index (χ2v) is 4.14. The Morgan fingerprint density at radius 3 is 2.67 bits per heavy atom. The number of hydrogen-bond acceptors (Lipinski definition) is 5. The van der Waals surface area contributed by atoms with Gasteiger partial charge >= 0.3 is 0 Å². The lowest BCUT2D eigenvalue weighted by Gasteiger charge is -2.15. The SMILES string of the molecule is COc1c(NC2=CC(=O)N(CCO)C2=O)ccc(F)c1F. The van der Waals surface area contributed by atoms with Crippen LogP contribution in [0.15, 0.2) is 23.9 Å². The first kappa shape index (κ1) is 14.9. The molecule has 0 aromatic heterocycles. The number of benzene rings is 1. The topological polar surface area (TPSA) is 78.9 Å². The highest BCUT2D eigenvalue weighted by Crippen LogP contribution is 2.31. The van der Waals surface area contributed by atoms with E-state index < -0.39 is 29.2 Å². The molecule has 8 heteroatoms. The molecular formula is C13H12F2N2O4. The van der Waals surface area contributed by atoms with Gasteiger partial charge in [-0.25, -0.2) is 4.39 Å². The van der Waals surface area contributed by atoms with Crippen LogP contribution < -0.4 is 10.1 Å². The molecule has 1 aromatic carbocycles. The molecule has 2 rings (SSSR count). The Labute approximate surface area is 118 Å². The average Bonchev–Trinajstić information content (AvgIpc) is 2.71. The Morgan fingerprint density at radius 2 is 2.05 bits per heavy atom. The zero-order chi connectivity index (χ0) is 15.6. The molecule has 0 bridgehead atoms. The summed E-state index contributed by atoms with van der Waals surface area (Å²) in [5, 5.41) is 11.3. The number of methoxy groups -OCH3 is 1. The summed E-state index contributed by atoms with van der Waals surface area (Å²) in [7, 11) is 1.15. The molecule has 2 amide bonds. The molecule has 0 spiro atoms. The van der Waals surface area contributed by atoms with E-state index in [1.165, 1.54) is 6.07 Å². The number of halogens is 2. The molecule has 1 aromatic rings. The molecule has 1 heterocycles. The van der Waals surface area contributed by atoms with Crippen molar-refractivity contribution in [1.82, 2.24) is 4.90 Å². The normalized spacial score (nSPS) is 14.5. The van der Waals surface area contributed by atoms with Gasteiger partial charge in [0, 0.05) is 6.08 Å². The first-order valence-electron chi connectivity index (χ1n) is 5.97. The second-order valence-electron chi connectivity index (χ2n) is 4.14. The molecule has 0 saturated carbocycles. The van der Waals surface area contributed by atoms with E-state index in [-0.39, 0.29) is 24.5 Å². The van der Waals surface area contributed by atoms with E-state index in [1.807, 2.05) is 0 Å². The zero-order valence-corrected chi connectivity index (χ0v) is 11.0. The van der Waals surface area contributed by atoms with Crippen LogP contribution in [0.2, 0.25) is 0 Å². The summed E-state index contributed by atoms with van der Waals surface area (Å²) in [5.41, 5.74) is -0.104. The number of aliphatic hydroxyl groups is 1. The predicted molar refractivity (Wildman–Crippen MR) is 68.4 cm³/mol. The van der Waals surface area contributed by atoms with Crippen LogP contribution in [0.4, 0.5) is 14.5 Å². The Bertz CT molecular complexity index is 631. The second kappa shape index (κ2) is 5.88. The van der Waals surface area contributed by atoms with Crippen LogP contribution in [-0.2, 0) is 9.59 Å². The highest BCUT2D eigenvalue weighted by atomic mass is 19.2. The van der Waals surface area contributed by atoms with Crippen molar-refractivity contribution in [3.63, 3.8) is 0 Å². The highest BCUT2D eigenvalue weighted by molar-refractivity contribution is 6.17. The van der Waals surface area contributed by atoms with Crippen LogP contribution in [-0.4, -0.2) is 42.1 Å². The molecule has 0 atom stereocenters. The molecule has 0 saturated heterocycles. The third-order valence-corrected chi connectivity index (χ3v) is 2.86. The number of anilines is 1. The number of imide groups is 1. The number of β-amino-alcohol motifs (C(OH)–C–C–N with tert-alkyl or cyclic N) is 1. The molecule has 0 aliphatic carbocycles. The van der Waals surface area contributed by atoms with Crippen LogP contribution in [0, 0.1) is 11.6 Å². The van der Waals surface area contributed by atoms with Gasteiger partial charge in [-0.15, -0.1) is 0 Å². The van der Waals surface area contributed by atoms with Gasteiger partial charge in [0.25, 0.3) is 11.8 Å². The van der Waals surface area contributed by atoms with E-state index in [2.05, 4.69) is 5.32 Å². The minimum atomic E-state index is -1.20. The Kier molecular flexibility index (Phi) is 4.18. The van der Waals surface area contributed by atoms with Crippen molar-refractivity contribution in [2.45, 2.75) is 0 Å². The van der Waals surface area contributed by atoms with Gasteiger partial charge in [0.05, 0.1) is 25.9 Å². The van der Waals surface area contributed by atoms with Crippen molar-refractivity contribution in [2.75, 3.05) is 25.6 Å². The number of rotatable bonds is 5. The van der Waals surface area contributed by atoms with E-state index in [0.29, 0.717) is 0 Å². The number of aliphatic hydroxyl groups excluding tert-OH is 1. The van der Waals surface area contributed by atoms with Gasteiger partial charge in [-0.3, -0.25) is 14.5 Å². The van der Waals surface area contributed by atoms with Crippen molar-refractivity contribution in [2.24, 2.45) is 0 Å². The number of carbonyl (C=O) groups is 2. The molecule has 112 valence electrons. The lowest BCUT2D eigenvalue weighted by Crippen LogP contribution is -2.34. The third-order valence-electron chi connectivity index (χ3n) is 2.86. The van der Waals surface area contributed by atoms with Crippen molar-refractivity contribution in [3.8, 4) is 5.75 Å². The van der Waals surface area contributed by atoms with Crippen LogP contribution in [0.25, 0.3) is 0 Å². The standard InChI is InChI=1S/C13H12F2N2O4/c1-21-12-8(3-2-7(14)11(12)15)16-9-6-10(19)17(4-5-18)13(9)20/h2-3,6,16,18H,4-5H2,1H3. The smallest absolute Gasteiger partial charge is 0.277 e. The van der Waals surface area contributed by atoms with E-state index in [4.69, 9.17) is 9.84 Å². The molecule has 21 heavy (non-hydrogen) atoms. The lowest BCUT2D eigenvalue weighted by molar-refractivity contribution is -0.137. The van der Waals surface area contributed by atoms with E-state index in [9.17, 15) is 18.4 Å². The predicted octanol–water partition coefficient (Wildman–Crippen LogP) is 0.630. The third kappa shape index (κ3) is 2.70. The van der Waals surface area contributed by atoms with E-state index in [1.54, 1.807) is 0 Å². The van der Waals surface area contributed by atoms with Crippen molar-refractivity contribution >= 4 is 17.5 Å². The maximum Gasteiger partial charge on any atom is 0.277 e. The number of hydrogen-bond donors (Lipinski definition) is 2. The van der Waals surface area contributed by atoms with Gasteiger partial charge in [0.1, 0.15) is 5.70 Å². The van der Waals surface area contributed by atoms with Gasteiger partial charge < -0.3 is 15.2 Å². The summed E-state index contributed by atoms with van der Waals surface area (Å²) in [6.07, 6.45) is 1.01. The summed E-state index contributed by atoms with van der Waals surface area (Å²) in [6.45, 7) is -0.513. The number of amides is 2. The van der Waals surface area contributed by atoms with E-state index >= 15 is 0 Å². The van der Waals surface area contributed by atoms with E-state index in [0.717, 1.165) is 24.2 Å². The maximum absolute atomic E-state index is 13.6. The van der Waals surface area contributed by atoms with Crippen LogP contribution >= 0.6 is 0 Å². The van der Waals surface area contributed by atoms with Crippen LogP contribution in [0.3, 0.4) is 0 Å². The molecule has 0 unspecified atom stereocenters. The largest absolute Gasteiger partial charge is 0.491 e. The number of carbonyl (C=O) groups excluding carboxylic acids is 2. The number of ether oxygens (including phenoxy) is 1. The molecule has 6 nitrogen and oxygen atoms in total. The molecule has 0 fully saturated rings. The average molecular weight is 298 g/mol. The summed E-state index contributed by atoms with van der Waals surface area (Å²) < 4.78 is 31.4. The van der Waals surface area contributed by atoms with Crippen LogP contribution in [0.1, 0.15) is 0 Å². The first-order valence-corrected chi connectivity index (χ1v) is 5.97. The van der Waals surface area contributed by atoms with Crippen molar-refractivity contribution in [3.05, 3.63) is 35.5 Å². The van der Waals surface area contributed by atoms with Crippen molar-refractivity contribution < 1.29 is 28.2 Å². The monoisotopic (exact) mass is 298 g/mol. The summed E-state index contributed by atoms with van der Waals surface area (Å²) in [4.78, 5) is 24.3. The maximum atomic E-state index is 13.6. The Morgan fingerprint density at radius 1 is 1.33 bits per heavy atom. The first-order chi connectivity index (χ1) is 9.99. The number of nitrogens with one attached hydrogen (secondary N) is 1. The van der Waals surface area contributed by atoms with Gasteiger partial charge in [0.15, 0.2) is 11.6 Å². The fourth-order valence-corrected chi connectivity index (χ4v) is 1.89. The number of nitrogens with zero attached hydrogens (tertiary/aromatic N) is 1. The Hall–Kier alpha value is -2.48. The Balaban J connectivity index is 2.28. The van der Waals surface area contributed by atoms with Gasteiger partial charge in [-0.1, -0.05) is 0 Å². The summed E-state index contributed by atoms with van der Waals surface area (Å²) in [6, 6.07) is 2.05. The highest BCUT2D eigenvalue weighted by Gasteiger charge is 2.31. The minimum absolute atomic E-state index is 0.00893. The van der Waals surface area contributed by atoms with Gasteiger partial charge in [-0.05, 0) is 12.1 Å². The lowest BCUT2D eigenvalue weighted by atomic mass is 10.2. The fraction of sp³-hybridized carbons (Fsp3) is 0.231. The van der Waals surface area contributed by atoms with Crippen LogP contribution in [0.5, 0.6) is 5.75 Å². The molecule has 1 aliphatic heterocycles.